The van der Waals surface area contributed by atoms with Crippen LogP contribution in [0.1, 0.15) is 20.3 Å². The van der Waals surface area contributed by atoms with Crippen LogP contribution in [0.25, 0.3) is 0 Å². The molecule has 0 aliphatic rings. The fraction of sp³-hybridized carbons (Fsp3) is 0.583. The van der Waals surface area contributed by atoms with Gasteiger partial charge in [-0.1, -0.05) is 25.4 Å². The van der Waals surface area contributed by atoms with Gasteiger partial charge >= 0.3 is 0 Å². The van der Waals surface area contributed by atoms with E-state index in [1.54, 1.807) is 0 Å². The molecule has 0 bridgehead atoms. The van der Waals surface area contributed by atoms with Crippen molar-refractivity contribution < 1.29 is 4.39 Å². The molecule has 0 atom stereocenters. The molecule has 1 aromatic heterocycles. The van der Waals surface area contributed by atoms with Crippen LogP contribution in [0.4, 0.5) is 10.2 Å². The van der Waals surface area contributed by atoms with Crippen LogP contribution < -0.4 is 5.32 Å². The highest BCUT2D eigenvalue weighted by Gasteiger charge is 2.04. The standard InChI is InChI=1S/C12H19ClFN3/c1-3-17(4-2)7-5-6-15-12-11(14)8-10(13)9-16-12/h8-9H,3-7H2,1-2H3,(H,15,16). The van der Waals surface area contributed by atoms with Gasteiger partial charge in [0.15, 0.2) is 11.6 Å². The molecule has 5 heteroatoms. The van der Waals surface area contributed by atoms with Gasteiger partial charge in [0.25, 0.3) is 0 Å². The van der Waals surface area contributed by atoms with Crippen LogP contribution in [0.15, 0.2) is 12.3 Å². The molecule has 1 rings (SSSR count). The molecule has 0 unspecified atom stereocenters. The molecule has 0 spiro atoms. The van der Waals surface area contributed by atoms with Gasteiger partial charge in [0.1, 0.15) is 0 Å². The fourth-order valence-corrected chi connectivity index (χ4v) is 1.74. The third-order valence-corrected chi connectivity index (χ3v) is 2.85. The molecular formula is C12H19ClFN3. The third kappa shape index (κ3) is 4.88. The van der Waals surface area contributed by atoms with E-state index in [2.05, 4.69) is 29.0 Å². The van der Waals surface area contributed by atoms with E-state index in [9.17, 15) is 4.39 Å². The zero-order valence-corrected chi connectivity index (χ0v) is 11.1. The first kappa shape index (κ1) is 14.2. The summed E-state index contributed by atoms with van der Waals surface area (Å²) in [5.41, 5.74) is 0. The molecule has 1 heterocycles. The molecule has 17 heavy (non-hydrogen) atoms. The molecule has 0 amide bonds. The largest absolute Gasteiger partial charge is 0.368 e. The molecule has 0 saturated heterocycles. The average molecular weight is 260 g/mol. The molecule has 0 fully saturated rings. The summed E-state index contributed by atoms with van der Waals surface area (Å²) in [6, 6.07) is 1.27. The molecule has 1 aromatic rings. The molecule has 0 aromatic carbocycles. The number of nitrogens with zero attached hydrogens (tertiary/aromatic N) is 2. The van der Waals surface area contributed by atoms with Crippen molar-refractivity contribution in [1.82, 2.24) is 9.88 Å². The Morgan fingerprint density at radius 1 is 1.41 bits per heavy atom. The number of rotatable bonds is 7. The highest BCUT2D eigenvalue weighted by molar-refractivity contribution is 6.30. The van der Waals surface area contributed by atoms with Crippen LogP contribution >= 0.6 is 11.6 Å². The van der Waals surface area contributed by atoms with Crippen molar-refractivity contribution in [3.05, 3.63) is 23.1 Å². The number of nitrogens with one attached hydrogen (secondary N) is 1. The molecular weight excluding hydrogens is 241 g/mol. The summed E-state index contributed by atoms with van der Waals surface area (Å²) in [5, 5.41) is 3.29. The maximum Gasteiger partial charge on any atom is 0.166 e. The SMILES string of the molecule is CCN(CC)CCCNc1ncc(Cl)cc1F. The Kier molecular flexibility index (Phi) is 6.22. The number of pyridine rings is 1. The Morgan fingerprint density at radius 2 is 2.12 bits per heavy atom. The van der Waals surface area contributed by atoms with Crippen molar-refractivity contribution in [2.24, 2.45) is 0 Å². The second kappa shape index (κ2) is 7.45. The monoisotopic (exact) mass is 259 g/mol. The summed E-state index contributed by atoms with van der Waals surface area (Å²) in [6.45, 7) is 8.08. The van der Waals surface area contributed by atoms with E-state index < -0.39 is 5.82 Å². The second-order valence-electron chi connectivity index (χ2n) is 3.79. The minimum Gasteiger partial charge on any atom is -0.368 e. The lowest BCUT2D eigenvalue weighted by Gasteiger charge is -2.17. The molecule has 0 radical (unpaired) electrons. The lowest BCUT2D eigenvalue weighted by molar-refractivity contribution is 0.303. The highest BCUT2D eigenvalue weighted by atomic mass is 35.5. The van der Waals surface area contributed by atoms with E-state index >= 15 is 0 Å². The predicted octanol–water partition coefficient (Wildman–Crippen LogP) is 3.02. The molecule has 3 nitrogen and oxygen atoms in total. The summed E-state index contributed by atoms with van der Waals surface area (Å²) < 4.78 is 13.3. The molecule has 0 aliphatic carbocycles. The number of aromatic nitrogens is 1. The lowest BCUT2D eigenvalue weighted by Crippen LogP contribution is -2.25. The number of halogens is 2. The van der Waals surface area contributed by atoms with Crippen molar-refractivity contribution in [3.63, 3.8) is 0 Å². The van der Waals surface area contributed by atoms with Gasteiger partial charge in [-0.2, -0.15) is 0 Å². The number of hydrogen-bond acceptors (Lipinski definition) is 3. The molecule has 0 aliphatic heterocycles. The maximum absolute atomic E-state index is 13.3. The summed E-state index contributed by atoms with van der Waals surface area (Å²) >= 11 is 5.62. The Labute approximate surface area is 107 Å². The van der Waals surface area contributed by atoms with Crippen molar-refractivity contribution in [3.8, 4) is 0 Å². The lowest BCUT2D eigenvalue weighted by atomic mass is 10.3. The number of anilines is 1. The zero-order chi connectivity index (χ0) is 12.7. The van der Waals surface area contributed by atoms with Crippen LogP contribution in [-0.4, -0.2) is 36.1 Å². The average Bonchev–Trinajstić information content (AvgIpc) is 2.32. The topological polar surface area (TPSA) is 28.2 Å². The van der Waals surface area contributed by atoms with Crippen molar-refractivity contribution in [2.75, 3.05) is 31.5 Å². The second-order valence-corrected chi connectivity index (χ2v) is 4.23. The van der Waals surface area contributed by atoms with E-state index in [-0.39, 0.29) is 5.82 Å². The summed E-state index contributed by atoms with van der Waals surface area (Å²) in [4.78, 5) is 6.23. The van der Waals surface area contributed by atoms with Crippen molar-refractivity contribution in [2.45, 2.75) is 20.3 Å². The van der Waals surface area contributed by atoms with Crippen LogP contribution in [0.5, 0.6) is 0 Å². The number of hydrogen-bond donors (Lipinski definition) is 1. The minimum absolute atomic E-state index is 0.272. The minimum atomic E-state index is -0.402. The van der Waals surface area contributed by atoms with Gasteiger partial charge in [-0.05, 0) is 32.1 Å². The van der Waals surface area contributed by atoms with Crippen LogP contribution in [0.2, 0.25) is 5.02 Å². The van der Waals surface area contributed by atoms with Gasteiger partial charge < -0.3 is 10.2 Å². The maximum atomic E-state index is 13.3. The smallest absolute Gasteiger partial charge is 0.166 e. The quantitative estimate of drug-likeness (QED) is 0.763. The van der Waals surface area contributed by atoms with E-state index in [0.717, 1.165) is 26.1 Å². The fourth-order valence-electron chi connectivity index (χ4n) is 1.59. The zero-order valence-electron chi connectivity index (χ0n) is 10.3. The van der Waals surface area contributed by atoms with Gasteiger partial charge in [-0.3, -0.25) is 0 Å². The first-order valence-corrected chi connectivity index (χ1v) is 6.32. The van der Waals surface area contributed by atoms with Gasteiger partial charge in [-0.25, -0.2) is 9.37 Å². The van der Waals surface area contributed by atoms with Gasteiger partial charge in [-0.15, -0.1) is 0 Å². The van der Waals surface area contributed by atoms with Crippen molar-refractivity contribution in [1.29, 1.82) is 0 Å². The Hall–Kier alpha value is -0.870. The van der Waals surface area contributed by atoms with Gasteiger partial charge in [0.05, 0.1) is 5.02 Å². The predicted molar refractivity (Wildman–Crippen MR) is 70.1 cm³/mol. The molecule has 0 saturated carbocycles. The van der Waals surface area contributed by atoms with Crippen LogP contribution in [0.3, 0.4) is 0 Å². The van der Waals surface area contributed by atoms with Gasteiger partial charge in [0.2, 0.25) is 0 Å². The molecule has 96 valence electrons. The summed E-state index contributed by atoms with van der Waals surface area (Å²) in [6.07, 6.45) is 2.41. The van der Waals surface area contributed by atoms with Crippen molar-refractivity contribution >= 4 is 17.4 Å². The van der Waals surface area contributed by atoms with E-state index in [1.807, 2.05) is 0 Å². The Morgan fingerprint density at radius 3 is 2.71 bits per heavy atom. The van der Waals surface area contributed by atoms with Crippen LogP contribution in [0, 0.1) is 5.82 Å². The highest BCUT2D eigenvalue weighted by Crippen LogP contribution is 2.15. The third-order valence-electron chi connectivity index (χ3n) is 2.65. The van der Waals surface area contributed by atoms with Gasteiger partial charge in [0, 0.05) is 12.7 Å². The molecule has 1 N–H and O–H groups in total. The first-order valence-electron chi connectivity index (χ1n) is 5.94. The summed E-state index contributed by atoms with van der Waals surface area (Å²) in [7, 11) is 0. The Bertz CT molecular complexity index is 343. The Balaban J connectivity index is 2.31. The van der Waals surface area contributed by atoms with E-state index in [4.69, 9.17) is 11.6 Å². The normalized spacial score (nSPS) is 10.9. The summed E-state index contributed by atoms with van der Waals surface area (Å²) in [5.74, 6) is -0.130. The van der Waals surface area contributed by atoms with E-state index in [1.165, 1.54) is 12.3 Å². The van der Waals surface area contributed by atoms with Crippen LogP contribution in [-0.2, 0) is 0 Å². The van der Waals surface area contributed by atoms with E-state index in [0.29, 0.717) is 11.6 Å². The first-order chi connectivity index (χ1) is 8.17.